The number of benzene rings is 1. The van der Waals surface area contributed by atoms with Gasteiger partial charge in [0.15, 0.2) is 0 Å². The number of nitrogens with one attached hydrogen (secondary N) is 1. The molecule has 1 heterocycles. The fraction of sp³-hybridized carbons (Fsp3) is 0.667. The van der Waals surface area contributed by atoms with E-state index in [4.69, 9.17) is 4.74 Å². The molecule has 3 fully saturated rings. The highest BCUT2D eigenvalue weighted by Gasteiger charge is 2.63. The van der Waals surface area contributed by atoms with Crippen molar-refractivity contribution in [2.45, 2.75) is 89.8 Å². The SMILES string of the molecule is CC1(C)C2CCC1(C)C(OC(=O)C1CCCN1C(=O)C(NC(=O)C(O)Cc1ccc(O)cc1)C(F)(F)F)C2. The van der Waals surface area contributed by atoms with E-state index in [2.05, 4.69) is 20.8 Å². The van der Waals surface area contributed by atoms with E-state index in [0.717, 1.165) is 17.7 Å². The Morgan fingerprint density at radius 1 is 1.16 bits per heavy atom. The number of likely N-dealkylation sites (tertiary alicyclic amines) is 1. The van der Waals surface area contributed by atoms with Gasteiger partial charge in [0.2, 0.25) is 11.9 Å². The van der Waals surface area contributed by atoms with Crippen molar-refractivity contribution in [3.8, 4) is 5.75 Å². The Morgan fingerprint density at radius 2 is 1.82 bits per heavy atom. The molecule has 2 saturated carbocycles. The van der Waals surface area contributed by atoms with Crippen molar-refractivity contribution in [3.63, 3.8) is 0 Å². The summed E-state index contributed by atoms with van der Waals surface area (Å²) in [6.45, 7) is 6.30. The minimum absolute atomic E-state index is 0.0320. The van der Waals surface area contributed by atoms with Crippen molar-refractivity contribution in [1.29, 1.82) is 0 Å². The smallest absolute Gasteiger partial charge is 0.417 e. The van der Waals surface area contributed by atoms with Gasteiger partial charge in [0.1, 0.15) is 24.0 Å². The maximum Gasteiger partial charge on any atom is 0.417 e. The van der Waals surface area contributed by atoms with Gasteiger partial charge in [-0.3, -0.25) is 9.59 Å². The first-order valence-electron chi connectivity index (χ1n) is 13.0. The molecule has 4 rings (SSSR count). The lowest BCUT2D eigenvalue weighted by atomic mass is 9.70. The van der Waals surface area contributed by atoms with Crippen molar-refractivity contribution >= 4 is 17.8 Å². The van der Waals surface area contributed by atoms with Crippen LogP contribution in [-0.4, -0.2) is 69.9 Å². The number of fused-ring (bicyclic) bond motifs is 2. The van der Waals surface area contributed by atoms with Gasteiger partial charge in [-0.25, -0.2) is 4.79 Å². The van der Waals surface area contributed by atoms with Crippen LogP contribution in [0.4, 0.5) is 13.2 Å². The summed E-state index contributed by atoms with van der Waals surface area (Å²) in [6.07, 6.45) is -4.58. The zero-order valence-electron chi connectivity index (χ0n) is 21.8. The number of aliphatic hydroxyl groups is 1. The number of carbonyl (C=O) groups excluding carboxylic acids is 3. The summed E-state index contributed by atoms with van der Waals surface area (Å²) in [5.41, 5.74) is 0.132. The molecule has 1 aliphatic heterocycles. The fourth-order valence-electron chi connectivity index (χ4n) is 6.44. The maximum atomic E-state index is 13.9. The average molecular weight is 541 g/mol. The van der Waals surface area contributed by atoms with Crippen LogP contribution in [0.5, 0.6) is 5.75 Å². The normalized spacial score (nSPS) is 29.7. The molecule has 6 atom stereocenters. The number of aliphatic hydroxyl groups excluding tert-OH is 1. The number of phenolic OH excluding ortho intramolecular Hbond substituents is 1. The number of ether oxygens (including phenoxy) is 1. The predicted molar refractivity (Wildman–Crippen MR) is 130 cm³/mol. The van der Waals surface area contributed by atoms with Crippen molar-refractivity contribution < 1.29 is 42.5 Å². The molecule has 2 amide bonds. The fourth-order valence-corrected chi connectivity index (χ4v) is 6.44. The number of rotatable bonds is 7. The summed E-state index contributed by atoms with van der Waals surface area (Å²) in [6, 6.07) is 1.36. The van der Waals surface area contributed by atoms with Crippen LogP contribution in [0, 0.1) is 16.7 Å². The molecule has 6 unspecified atom stereocenters. The molecule has 8 nitrogen and oxygen atoms in total. The molecule has 3 N–H and O–H groups in total. The lowest BCUT2D eigenvalue weighted by Crippen LogP contribution is -2.59. The lowest BCUT2D eigenvalue weighted by molar-refractivity contribution is -0.183. The van der Waals surface area contributed by atoms with Gasteiger partial charge in [0.05, 0.1) is 0 Å². The second-order valence-corrected chi connectivity index (χ2v) is 11.6. The first-order chi connectivity index (χ1) is 17.6. The molecule has 2 bridgehead atoms. The number of hydrogen-bond acceptors (Lipinski definition) is 6. The Bertz CT molecular complexity index is 1080. The number of aromatic hydroxyl groups is 1. The van der Waals surface area contributed by atoms with Gasteiger partial charge < -0.3 is 25.2 Å². The largest absolute Gasteiger partial charge is 0.508 e. The van der Waals surface area contributed by atoms with Gasteiger partial charge >= 0.3 is 12.1 Å². The van der Waals surface area contributed by atoms with Crippen molar-refractivity contribution in [2.75, 3.05) is 6.54 Å². The molecule has 1 aromatic rings. The quantitative estimate of drug-likeness (QED) is 0.458. The molecule has 3 aliphatic rings. The number of nitrogens with zero attached hydrogens (tertiary/aromatic N) is 1. The second-order valence-electron chi connectivity index (χ2n) is 11.6. The van der Waals surface area contributed by atoms with Crippen LogP contribution >= 0.6 is 0 Å². The van der Waals surface area contributed by atoms with Gasteiger partial charge in [-0.05, 0) is 61.1 Å². The first kappa shape index (κ1) is 28.2. The predicted octanol–water partition coefficient (Wildman–Crippen LogP) is 3.09. The summed E-state index contributed by atoms with van der Waals surface area (Å²) in [5.74, 6) is -3.20. The minimum atomic E-state index is -5.15. The Hall–Kier alpha value is -2.82. The van der Waals surface area contributed by atoms with Crippen molar-refractivity contribution in [3.05, 3.63) is 29.8 Å². The van der Waals surface area contributed by atoms with Gasteiger partial charge in [0.25, 0.3) is 5.91 Å². The third-order valence-corrected chi connectivity index (χ3v) is 9.31. The van der Waals surface area contributed by atoms with Gasteiger partial charge in [0, 0.05) is 18.4 Å². The molecule has 1 saturated heterocycles. The molecular weight excluding hydrogens is 505 g/mol. The molecule has 0 aromatic heterocycles. The maximum absolute atomic E-state index is 13.9. The molecule has 0 spiro atoms. The number of phenols is 1. The summed E-state index contributed by atoms with van der Waals surface area (Å²) in [4.78, 5) is 39.5. The van der Waals surface area contributed by atoms with Crippen LogP contribution in [-0.2, 0) is 25.5 Å². The Labute approximate surface area is 219 Å². The zero-order valence-corrected chi connectivity index (χ0v) is 21.8. The monoisotopic (exact) mass is 540 g/mol. The second kappa shape index (κ2) is 10.1. The summed E-state index contributed by atoms with van der Waals surface area (Å²) < 4.78 is 47.6. The number of carbonyl (C=O) groups is 3. The number of halogens is 3. The topological polar surface area (TPSA) is 116 Å². The lowest BCUT2D eigenvalue weighted by Gasteiger charge is -2.39. The van der Waals surface area contributed by atoms with Crippen molar-refractivity contribution in [1.82, 2.24) is 10.2 Å². The van der Waals surface area contributed by atoms with E-state index in [-0.39, 0.29) is 42.1 Å². The third-order valence-electron chi connectivity index (χ3n) is 9.31. The Kier molecular flexibility index (Phi) is 7.46. The van der Waals surface area contributed by atoms with Crippen LogP contribution in [0.15, 0.2) is 24.3 Å². The average Bonchev–Trinajstić information content (AvgIpc) is 3.46. The van der Waals surface area contributed by atoms with E-state index in [1.165, 1.54) is 24.3 Å². The minimum Gasteiger partial charge on any atom is -0.508 e. The number of esters is 1. The van der Waals surface area contributed by atoms with Crippen LogP contribution in [0.2, 0.25) is 0 Å². The molecule has 210 valence electrons. The van der Waals surface area contributed by atoms with E-state index < -0.39 is 42.1 Å². The van der Waals surface area contributed by atoms with Crippen LogP contribution in [0.3, 0.4) is 0 Å². The van der Waals surface area contributed by atoms with E-state index in [1.807, 2.05) is 0 Å². The van der Waals surface area contributed by atoms with E-state index >= 15 is 0 Å². The van der Waals surface area contributed by atoms with Crippen LogP contribution in [0.1, 0.15) is 58.4 Å². The van der Waals surface area contributed by atoms with E-state index in [1.54, 1.807) is 5.32 Å². The van der Waals surface area contributed by atoms with Crippen LogP contribution < -0.4 is 5.32 Å². The molecule has 2 aliphatic carbocycles. The molecule has 11 heteroatoms. The number of amides is 2. The third kappa shape index (κ3) is 5.09. The summed E-state index contributed by atoms with van der Waals surface area (Å²) in [7, 11) is 0. The first-order valence-corrected chi connectivity index (χ1v) is 13.0. The van der Waals surface area contributed by atoms with E-state index in [9.17, 15) is 37.8 Å². The standard InChI is InChI=1S/C27H35F3N2O6/c1-25(2)16-10-11-26(25,3)20(14-16)38-24(37)18-5-4-12-32(18)23(36)21(27(28,29)30)31-22(35)19(34)13-15-6-8-17(33)9-7-15/h6-9,16,18-21,33-34H,4-5,10-14H2,1-3H3,(H,31,35). The molecule has 0 radical (unpaired) electrons. The number of hydrogen-bond donors (Lipinski definition) is 3. The summed E-state index contributed by atoms with van der Waals surface area (Å²) in [5, 5.41) is 21.1. The van der Waals surface area contributed by atoms with Gasteiger partial charge in [-0.15, -0.1) is 0 Å². The molecular formula is C27H35F3N2O6. The highest BCUT2D eigenvalue weighted by molar-refractivity contribution is 5.92. The zero-order chi connectivity index (χ0) is 28.0. The Balaban J connectivity index is 1.43. The molecule has 38 heavy (non-hydrogen) atoms. The van der Waals surface area contributed by atoms with Gasteiger partial charge in [-0.2, -0.15) is 13.2 Å². The highest BCUT2D eigenvalue weighted by atomic mass is 19.4. The Morgan fingerprint density at radius 3 is 2.37 bits per heavy atom. The highest BCUT2D eigenvalue weighted by Crippen LogP contribution is 2.66. The van der Waals surface area contributed by atoms with Crippen molar-refractivity contribution in [2.24, 2.45) is 16.7 Å². The number of alkyl halides is 3. The summed E-state index contributed by atoms with van der Waals surface area (Å²) >= 11 is 0. The molecule has 1 aromatic carbocycles. The van der Waals surface area contributed by atoms with Crippen LogP contribution in [0.25, 0.3) is 0 Å². The van der Waals surface area contributed by atoms with E-state index in [0.29, 0.717) is 24.3 Å². The van der Waals surface area contributed by atoms with Gasteiger partial charge in [-0.1, -0.05) is 32.9 Å².